The summed E-state index contributed by atoms with van der Waals surface area (Å²) >= 11 is 0. The van der Waals surface area contributed by atoms with Crippen molar-refractivity contribution in [1.82, 2.24) is 10.2 Å². The van der Waals surface area contributed by atoms with E-state index in [1.165, 1.54) is 38.0 Å². The Morgan fingerprint density at radius 3 is 3.25 bits per heavy atom. The van der Waals surface area contributed by atoms with Crippen molar-refractivity contribution in [2.45, 2.75) is 32.2 Å². The van der Waals surface area contributed by atoms with Gasteiger partial charge in [-0.15, -0.1) is 0 Å². The Kier molecular flexibility index (Phi) is 4.82. The molecule has 0 bridgehead atoms. The van der Waals surface area contributed by atoms with E-state index in [4.69, 9.17) is 4.74 Å². The van der Waals surface area contributed by atoms with E-state index in [1.807, 2.05) is 0 Å². The fourth-order valence-corrected chi connectivity index (χ4v) is 2.52. The largest absolute Gasteiger partial charge is 0.377 e. The standard InChI is InChI=1S/C13H24N2O/c1-2-15-7-3-6-13(10-15)14-9-12-5-4-8-16-11-12/h5,13-14H,2-4,6-11H2,1H3. The van der Waals surface area contributed by atoms with E-state index in [1.54, 1.807) is 0 Å². The molecular formula is C13H24N2O. The van der Waals surface area contributed by atoms with E-state index in [0.717, 1.165) is 26.2 Å². The summed E-state index contributed by atoms with van der Waals surface area (Å²) in [7, 11) is 0. The molecule has 0 spiro atoms. The summed E-state index contributed by atoms with van der Waals surface area (Å²) in [5.74, 6) is 0. The van der Waals surface area contributed by atoms with E-state index in [2.05, 4.69) is 23.2 Å². The van der Waals surface area contributed by atoms with Crippen molar-refractivity contribution in [3.05, 3.63) is 11.6 Å². The lowest BCUT2D eigenvalue weighted by atomic mass is 10.1. The van der Waals surface area contributed by atoms with Crippen LogP contribution in [0.25, 0.3) is 0 Å². The zero-order valence-electron chi connectivity index (χ0n) is 10.4. The van der Waals surface area contributed by atoms with E-state index in [9.17, 15) is 0 Å². The number of likely N-dealkylation sites (N-methyl/N-ethyl adjacent to an activating group) is 1. The first kappa shape index (κ1) is 12.1. The van der Waals surface area contributed by atoms with Gasteiger partial charge in [0.2, 0.25) is 0 Å². The van der Waals surface area contributed by atoms with Crippen LogP contribution in [0.3, 0.4) is 0 Å². The van der Waals surface area contributed by atoms with Crippen LogP contribution in [0.15, 0.2) is 11.6 Å². The lowest BCUT2D eigenvalue weighted by Gasteiger charge is -2.32. The first-order valence-electron chi connectivity index (χ1n) is 6.60. The van der Waals surface area contributed by atoms with E-state index < -0.39 is 0 Å². The summed E-state index contributed by atoms with van der Waals surface area (Å²) in [4.78, 5) is 2.53. The first-order chi connectivity index (χ1) is 7.88. The van der Waals surface area contributed by atoms with Crippen LogP contribution in [-0.2, 0) is 4.74 Å². The second-order valence-electron chi connectivity index (χ2n) is 4.82. The number of nitrogens with zero attached hydrogens (tertiary/aromatic N) is 1. The van der Waals surface area contributed by atoms with Gasteiger partial charge in [-0.25, -0.2) is 0 Å². The van der Waals surface area contributed by atoms with Gasteiger partial charge in [0.1, 0.15) is 0 Å². The SMILES string of the molecule is CCN1CCCC(NCC2=CCCOC2)C1. The molecule has 1 atom stereocenters. The molecule has 0 saturated carbocycles. The molecule has 1 N–H and O–H groups in total. The van der Waals surface area contributed by atoms with Crippen molar-refractivity contribution in [1.29, 1.82) is 0 Å². The van der Waals surface area contributed by atoms with Gasteiger partial charge in [-0.2, -0.15) is 0 Å². The van der Waals surface area contributed by atoms with Crippen molar-refractivity contribution < 1.29 is 4.74 Å². The molecule has 1 fully saturated rings. The third-order valence-corrected chi connectivity index (χ3v) is 3.55. The highest BCUT2D eigenvalue weighted by molar-refractivity contribution is 5.07. The van der Waals surface area contributed by atoms with Gasteiger partial charge in [0, 0.05) is 19.1 Å². The molecule has 3 nitrogen and oxygen atoms in total. The molecule has 0 aromatic rings. The second-order valence-corrected chi connectivity index (χ2v) is 4.82. The summed E-state index contributed by atoms with van der Waals surface area (Å²) in [6, 6.07) is 0.677. The van der Waals surface area contributed by atoms with Crippen LogP contribution in [0, 0.1) is 0 Å². The smallest absolute Gasteiger partial charge is 0.0689 e. The molecule has 0 amide bonds. The van der Waals surface area contributed by atoms with Gasteiger partial charge in [-0.1, -0.05) is 13.0 Å². The van der Waals surface area contributed by atoms with E-state index >= 15 is 0 Å². The van der Waals surface area contributed by atoms with Crippen LogP contribution in [0.5, 0.6) is 0 Å². The predicted molar refractivity (Wildman–Crippen MR) is 66.7 cm³/mol. The molecule has 92 valence electrons. The molecule has 0 aliphatic carbocycles. The van der Waals surface area contributed by atoms with Gasteiger partial charge in [0.25, 0.3) is 0 Å². The summed E-state index contributed by atoms with van der Waals surface area (Å²) in [6.45, 7) is 8.67. The third kappa shape index (κ3) is 3.58. The van der Waals surface area contributed by atoms with Crippen molar-refractivity contribution >= 4 is 0 Å². The molecule has 0 radical (unpaired) electrons. The van der Waals surface area contributed by atoms with Crippen LogP contribution in [0.2, 0.25) is 0 Å². The number of rotatable bonds is 4. The van der Waals surface area contributed by atoms with Gasteiger partial charge in [0.05, 0.1) is 13.2 Å². The maximum absolute atomic E-state index is 5.45. The second kappa shape index (κ2) is 6.38. The molecule has 2 aliphatic heterocycles. The molecule has 2 aliphatic rings. The number of hydrogen-bond donors (Lipinski definition) is 1. The number of piperidine rings is 1. The van der Waals surface area contributed by atoms with Crippen LogP contribution < -0.4 is 5.32 Å². The fraction of sp³-hybridized carbons (Fsp3) is 0.846. The monoisotopic (exact) mass is 224 g/mol. The average Bonchev–Trinajstić information content (AvgIpc) is 2.38. The minimum absolute atomic E-state index is 0.677. The lowest BCUT2D eigenvalue weighted by Crippen LogP contribution is -2.46. The van der Waals surface area contributed by atoms with Crippen molar-refractivity contribution in [2.24, 2.45) is 0 Å². The van der Waals surface area contributed by atoms with Crippen molar-refractivity contribution in [3.8, 4) is 0 Å². The number of ether oxygens (including phenoxy) is 1. The van der Waals surface area contributed by atoms with Gasteiger partial charge in [-0.05, 0) is 37.9 Å². The van der Waals surface area contributed by atoms with Crippen LogP contribution in [0.4, 0.5) is 0 Å². The molecular weight excluding hydrogens is 200 g/mol. The number of likely N-dealkylation sites (tertiary alicyclic amines) is 1. The number of hydrogen-bond acceptors (Lipinski definition) is 3. The maximum atomic E-state index is 5.45. The Hall–Kier alpha value is -0.380. The van der Waals surface area contributed by atoms with Crippen LogP contribution in [-0.4, -0.2) is 50.3 Å². The molecule has 1 saturated heterocycles. The van der Waals surface area contributed by atoms with Gasteiger partial charge in [0.15, 0.2) is 0 Å². The quantitative estimate of drug-likeness (QED) is 0.731. The van der Waals surface area contributed by atoms with Gasteiger partial charge >= 0.3 is 0 Å². The highest BCUT2D eigenvalue weighted by Gasteiger charge is 2.18. The predicted octanol–water partition coefficient (Wildman–Crippen LogP) is 1.41. The average molecular weight is 224 g/mol. The number of nitrogens with one attached hydrogen (secondary N) is 1. The topological polar surface area (TPSA) is 24.5 Å². The van der Waals surface area contributed by atoms with Crippen LogP contribution in [0.1, 0.15) is 26.2 Å². The first-order valence-corrected chi connectivity index (χ1v) is 6.60. The Labute approximate surface area is 98.8 Å². The molecule has 1 unspecified atom stereocenters. The van der Waals surface area contributed by atoms with Gasteiger partial charge < -0.3 is 15.0 Å². The molecule has 0 aromatic heterocycles. The molecule has 0 aromatic carbocycles. The third-order valence-electron chi connectivity index (χ3n) is 3.55. The van der Waals surface area contributed by atoms with Crippen LogP contribution >= 0.6 is 0 Å². The molecule has 3 heteroatoms. The Morgan fingerprint density at radius 2 is 2.50 bits per heavy atom. The highest BCUT2D eigenvalue weighted by atomic mass is 16.5. The van der Waals surface area contributed by atoms with Gasteiger partial charge in [-0.3, -0.25) is 0 Å². The fourth-order valence-electron chi connectivity index (χ4n) is 2.52. The molecule has 16 heavy (non-hydrogen) atoms. The minimum Gasteiger partial charge on any atom is -0.377 e. The summed E-state index contributed by atoms with van der Waals surface area (Å²) < 4.78 is 5.45. The summed E-state index contributed by atoms with van der Waals surface area (Å²) in [5, 5.41) is 3.67. The molecule has 2 rings (SSSR count). The zero-order chi connectivity index (χ0) is 11.2. The summed E-state index contributed by atoms with van der Waals surface area (Å²) in [6.07, 6.45) is 6.07. The zero-order valence-corrected chi connectivity index (χ0v) is 10.4. The van der Waals surface area contributed by atoms with E-state index in [-0.39, 0.29) is 0 Å². The highest BCUT2D eigenvalue weighted by Crippen LogP contribution is 2.11. The van der Waals surface area contributed by atoms with E-state index in [0.29, 0.717) is 6.04 Å². The van der Waals surface area contributed by atoms with Crippen molar-refractivity contribution in [2.75, 3.05) is 39.4 Å². The minimum atomic E-state index is 0.677. The Balaban J connectivity index is 1.70. The maximum Gasteiger partial charge on any atom is 0.0689 e. The summed E-state index contributed by atoms with van der Waals surface area (Å²) in [5.41, 5.74) is 1.43. The Morgan fingerprint density at radius 1 is 1.56 bits per heavy atom. The Bertz CT molecular complexity index is 240. The lowest BCUT2D eigenvalue weighted by molar-refractivity contribution is 0.146. The van der Waals surface area contributed by atoms with Crippen molar-refractivity contribution in [3.63, 3.8) is 0 Å². The normalized spacial score (nSPS) is 27.8. The molecule has 2 heterocycles.